The number of aromatic nitrogens is 3. The van der Waals surface area contributed by atoms with Gasteiger partial charge >= 0.3 is 0 Å². The Hall–Kier alpha value is -2.73. The highest BCUT2D eigenvalue weighted by molar-refractivity contribution is 7.89. The fourth-order valence-electron chi connectivity index (χ4n) is 4.57. The number of anilines is 3. The second kappa shape index (κ2) is 11.3. The van der Waals surface area contributed by atoms with E-state index in [0.717, 1.165) is 54.2 Å². The van der Waals surface area contributed by atoms with E-state index in [1.54, 1.807) is 31.3 Å². The molecule has 1 aromatic carbocycles. The zero-order valence-electron chi connectivity index (χ0n) is 22.6. The third-order valence-corrected chi connectivity index (χ3v) is 8.89. The molecule has 1 aliphatic rings. The molecule has 202 valence electrons. The summed E-state index contributed by atoms with van der Waals surface area (Å²) >= 11 is 0. The van der Waals surface area contributed by atoms with Gasteiger partial charge in [-0.25, -0.2) is 13.4 Å². The van der Waals surface area contributed by atoms with E-state index < -0.39 is 10.0 Å². The van der Waals surface area contributed by atoms with E-state index in [2.05, 4.69) is 35.3 Å². The first kappa shape index (κ1) is 27.3. The first-order chi connectivity index (χ1) is 17.5. The maximum absolute atomic E-state index is 13.0. The fraction of sp³-hybridized carbons (Fsp3) is 0.538. The summed E-state index contributed by atoms with van der Waals surface area (Å²) in [6.07, 6.45) is 6.27. The molecule has 5 N–H and O–H groups in total. The van der Waals surface area contributed by atoms with Crippen molar-refractivity contribution in [3.8, 4) is 0 Å². The van der Waals surface area contributed by atoms with Crippen LogP contribution < -0.4 is 16.4 Å². The lowest BCUT2D eigenvalue weighted by atomic mass is 9.92. The normalized spacial score (nSPS) is 18.7. The van der Waals surface area contributed by atoms with Crippen LogP contribution in [0, 0.1) is 0 Å². The molecular formula is C26H41N8O2S+. The van der Waals surface area contributed by atoms with Crippen molar-refractivity contribution in [1.29, 1.82) is 0 Å². The van der Waals surface area contributed by atoms with Gasteiger partial charge in [0.15, 0.2) is 5.65 Å². The van der Waals surface area contributed by atoms with Gasteiger partial charge in [-0.2, -0.15) is 13.9 Å². The Morgan fingerprint density at radius 1 is 1.08 bits per heavy atom. The number of likely N-dealkylation sites (N-methyl/N-ethyl adjacent to an activating group) is 2. The molecule has 0 aliphatic heterocycles. The molecule has 0 bridgehead atoms. The maximum atomic E-state index is 13.0. The Balaban J connectivity index is 1.58. The van der Waals surface area contributed by atoms with Gasteiger partial charge in [-0.1, -0.05) is 13.8 Å². The zero-order chi connectivity index (χ0) is 26.7. The molecule has 37 heavy (non-hydrogen) atoms. The molecular weight excluding hydrogens is 488 g/mol. The average molecular weight is 530 g/mol. The summed E-state index contributed by atoms with van der Waals surface area (Å²) < 4.78 is 29.1. The van der Waals surface area contributed by atoms with Gasteiger partial charge in [-0.05, 0) is 57.1 Å². The smallest absolute Gasteiger partial charge is 0.242 e. The highest BCUT2D eigenvalue weighted by Crippen LogP contribution is 2.28. The van der Waals surface area contributed by atoms with Crippen LogP contribution in [0.1, 0.15) is 51.0 Å². The van der Waals surface area contributed by atoms with Crippen molar-refractivity contribution in [2.24, 2.45) is 0 Å². The van der Waals surface area contributed by atoms with Crippen molar-refractivity contribution in [3.63, 3.8) is 0 Å². The third-order valence-electron chi connectivity index (χ3n) is 7.02. The third kappa shape index (κ3) is 6.40. The van der Waals surface area contributed by atoms with E-state index in [-0.39, 0.29) is 10.8 Å². The minimum Gasteiger partial charge on any atom is -0.367 e. The summed E-state index contributed by atoms with van der Waals surface area (Å²) in [5.74, 6) is 1.86. The number of nitrogens with zero attached hydrogens (tertiary/aromatic N) is 5. The van der Waals surface area contributed by atoms with Crippen LogP contribution in [-0.4, -0.2) is 78.5 Å². The van der Waals surface area contributed by atoms with Crippen LogP contribution in [0.4, 0.5) is 17.3 Å². The summed E-state index contributed by atoms with van der Waals surface area (Å²) in [4.78, 5) is 7.14. The second-order valence-corrected chi connectivity index (χ2v) is 12.7. The Bertz CT molecular complexity index is 1300. The molecule has 0 saturated heterocycles. The number of benzene rings is 1. The lowest BCUT2D eigenvalue weighted by Gasteiger charge is -2.26. The summed E-state index contributed by atoms with van der Waals surface area (Å²) in [7, 11) is 1.91. The van der Waals surface area contributed by atoms with Crippen molar-refractivity contribution >= 4 is 33.0 Å². The second-order valence-electron chi connectivity index (χ2n) is 10.7. The summed E-state index contributed by atoms with van der Waals surface area (Å²) in [5, 5.41) is 11.7. The van der Waals surface area contributed by atoms with Gasteiger partial charge in [0.05, 0.1) is 17.1 Å². The molecule has 0 unspecified atom stereocenters. The van der Waals surface area contributed by atoms with Crippen LogP contribution in [0.25, 0.3) is 5.65 Å². The largest absolute Gasteiger partial charge is 0.367 e. The summed E-state index contributed by atoms with van der Waals surface area (Å²) in [6.45, 7) is 5.35. The molecule has 0 spiro atoms. The molecule has 11 heteroatoms. The standard InChI is InChI=1S/C26H40N8O2S/c1-18(2)23-17-28-34-25(16-24(31-26(23)34)29-20-8-6-19(27)7-9-20)30-21-10-12-22(13-11-21)37(35,36)33(5)15-14-32(3)4/h10-13,16-20,30H,6-9,14-15,27H2,1-5H3,(H,29,31)/p+1. The van der Waals surface area contributed by atoms with Crippen molar-refractivity contribution in [2.75, 3.05) is 44.9 Å². The Morgan fingerprint density at radius 2 is 1.76 bits per heavy atom. The van der Waals surface area contributed by atoms with Gasteiger partial charge in [0.25, 0.3) is 0 Å². The van der Waals surface area contributed by atoms with Crippen LogP contribution in [0.3, 0.4) is 0 Å². The predicted octanol–water partition coefficient (Wildman–Crippen LogP) is 2.74. The monoisotopic (exact) mass is 529 g/mol. The molecule has 1 aliphatic carbocycles. The summed E-state index contributed by atoms with van der Waals surface area (Å²) in [5.41, 5.74) is 6.87. The van der Waals surface area contributed by atoms with Gasteiger partial charge in [0, 0.05) is 56.3 Å². The minimum atomic E-state index is -3.56. The first-order valence-electron chi connectivity index (χ1n) is 13.0. The van der Waals surface area contributed by atoms with Gasteiger partial charge < -0.3 is 21.3 Å². The number of sulfonamides is 1. The molecule has 2 aromatic heterocycles. The van der Waals surface area contributed by atoms with E-state index >= 15 is 0 Å². The molecule has 1 saturated carbocycles. The van der Waals surface area contributed by atoms with E-state index in [9.17, 15) is 8.42 Å². The maximum Gasteiger partial charge on any atom is 0.242 e. The van der Waals surface area contributed by atoms with Gasteiger partial charge in [-0.3, -0.25) is 0 Å². The highest BCUT2D eigenvalue weighted by Gasteiger charge is 2.23. The molecule has 0 amide bonds. The molecule has 0 atom stereocenters. The van der Waals surface area contributed by atoms with Gasteiger partial charge in [0.2, 0.25) is 10.0 Å². The topological polar surface area (TPSA) is 123 Å². The number of quaternary nitrogens is 1. The molecule has 0 radical (unpaired) electrons. The minimum absolute atomic E-state index is 0.267. The number of hydrogen-bond acceptors (Lipinski definition) is 7. The Morgan fingerprint density at radius 3 is 2.38 bits per heavy atom. The van der Waals surface area contributed by atoms with Crippen molar-refractivity contribution < 1.29 is 14.2 Å². The molecule has 1 fully saturated rings. The van der Waals surface area contributed by atoms with Crippen LogP contribution >= 0.6 is 0 Å². The van der Waals surface area contributed by atoms with E-state index in [1.165, 1.54) is 4.31 Å². The molecule has 4 rings (SSSR count). The van der Waals surface area contributed by atoms with Gasteiger partial charge in [0.1, 0.15) is 11.6 Å². The van der Waals surface area contributed by atoms with Crippen molar-refractivity contribution in [3.05, 3.63) is 42.1 Å². The summed E-state index contributed by atoms with van der Waals surface area (Å²) in [6, 6.07) is 9.73. The van der Waals surface area contributed by atoms with Crippen molar-refractivity contribution in [1.82, 2.24) is 23.8 Å². The van der Waals surface area contributed by atoms with E-state index in [0.29, 0.717) is 25.2 Å². The Kier molecular flexibility index (Phi) is 8.37. The zero-order valence-corrected chi connectivity index (χ0v) is 23.4. The van der Waals surface area contributed by atoms with Crippen LogP contribution in [0.2, 0.25) is 0 Å². The van der Waals surface area contributed by atoms with Crippen LogP contribution in [0.15, 0.2) is 41.4 Å². The fourth-order valence-corrected chi connectivity index (χ4v) is 5.73. The van der Waals surface area contributed by atoms with Crippen LogP contribution in [0.5, 0.6) is 0 Å². The van der Waals surface area contributed by atoms with E-state index in [4.69, 9.17) is 4.98 Å². The van der Waals surface area contributed by atoms with Gasteiger partial charge in [-0.15, -0.1) is 0 Å². The SMILES string of the molecule is CC(C)c1cnn2c(Nc3ccc(S(=O)(=O)N(C)CCN(C)C)cc3)cc(NC3CCC([NH3+])CC3)nc12. The molecule has 2 heterocycles. The highest BCUT2D eigenvalue weighted by atomic mass is 32.2. The first-order valence-corrected chi connectivity index (χ1v) is 14.4. The lowest BCUT2D eigenvalue weighted by molar-refractivity contribution is -0.425. The molecule has 10 nitrogen and oxygen atoms in total. The average Bonchev–Trinajstić information content (AvgIpc) is 3.29. The number of rotatable bonds is 10. The number of hydrogen-bond donors (Lipinski definition) is 3. The number of nitrogens with one attached hydrogen (secondary N) is 2. The quantitative estimate of drug-likeness (QED) is 0.369. The van der Waals surface area contributed by atoms with E-state index in [1.807, 2.05) is 35.8 Å². The van der Waals surface area contributed by atoms with Crippen LogP contribution in [-0.2, 0) is 10.0 Å². The predicted molar refractivity (Wildman–Crippen MR) is 148 cm³/mol. The lowest BCUT2D eigenvalue weighted by Crippen LogP contribution is -2.62. The molecule has 3 aromatic rings. The van der Waals surface area contributed by atoms with Crippen molar-refractivity contribution in [2.45, 2.75) is 62.4 Å². The number of fused-ring (bicyclic) bond motifs is 1. The Labute approximate surface area is 220 Å².